The van der Waals surface area contributed by atoms with E-state index in [-0.39, 0.29) is 6.10 Å². The van der Waals surface area contributed by atoms with E-state index in [1.807, 2.05) is 13.1 Å². The summed E-state index contributed by atoms with van der Waals surface area (Å²) in [5.74, 6) is 0. The number of aromatic nitrogens is 2. The normalized spacial score (nSPS) is 22.2. The van der Waals surface area contributed by atoms with Crippen LogP contribution in [-0.2, 0) is 6.54 Å². The van der Waals surface area contributed by atoms with Crippen LogP contribution in [0.1, 0.15) is 24.1 Å². The summed E-state index contributed by atoms with van der Waals surface area (Å²) in [6.45, 7) is 8.41. The van der Waals surface area contributed by atoms with Crippen molar-refractivity contribution < 1.29 is 5.11 Å². The minimum absolute atomic E-state index is 0.163. The maximum absolute atomic E-state index is 9.60. The van der Waals surface area contributed by atoms with Crippen molar-refractivity contribution in [1.29, 1.82) is 0 Å². The highest BCUT2D eigenvalue weighted by Crippen LogP contribution is 2.15. The van der Waals surface area contributed by atoms with Gasteiger partial charge in [-0.1, -0.05) is 6.58 Å². The molecule has 88 valence electrons. The molecule has 0 saturated carbocycles. The third-order valence-corrected chi connectivity index (χ3v) is 3.08. The third-order valence-electron chi connectivity index (χ3n) is 3.08. The first-order chi connectivity index (χ1) is 7.69. The number of hydrogen-bond donors (Lipinski definition) is 1. The van der Waals surface area contributed by atoms with Gasteiger partial charge in [-0.15, -0.1) is 0 Å². The summed E-state index contributed by atoms with van der Waals surface area (Å²) in [6.07, 6.45) is 5.55. The molecule has 2 heterocycles. The van der Waals surface area contributed by atoms with E-state index in [0.29, 0.717) is 0 Å². The first kappa shape index (κ1) is 11.4. The van der Waals surface area contributed by atoms with Crippen LogP contribution in [0, 0.1) is 6.92 Å². The summed E-state index contributed by atoms with van der Waals surface area (Å²) in [6, 6.07) is 0. The zero-order valence-corrected chi connectivity index (χ0v) is 9.76. The van der Waals surface area contributed by atoms with Crippen molar-refractivity contribution in [2.45, 2.75) is 32.4 Å². The standard InChI is InChI=1S/C12H19N3O/c1-3-15-8-11(10(2)13-15)7-14-6-4-5-12(16)9-14/h3,8,12,16H,1,4-7,9H2,2H3/t12-/m1/s1. The lowest BCUT2D eigenvalue weighted by atomic mass is 10.1. The van der Waals surface area contributed by atoms with Gasteiger partial charge in [0.05, 0.1) is 11.8 Å². The highest BCUT2D eigenvalue weighted by atomic mass is 16.3. The molecule has 1 aromatic heterocycles. The van der Waals surface area contributed by atoms with Gasteiger partial charge in [-0.05, 0) is 26.3 Å². The van der Waals surface area contributed by atoms with E-state index in [0.717, 1.165) is 38.2 Å². The van der Waals surface area contributed by atoms with Gasteiger partial charge in [0.25, 0.3) is 0 Å². The molecule has 1 aliphatic rings. The van der Waals surface area contributed by atoms with Crippen LogP contribution >= 0.6 is 0 Å². The van der Waals surface area contributed by atoms with Crippen LogP contribution < -0.4 is 0 Å². The summed E-state index contributed by atoms with van der Waals surface area (Å²) in [4.78, 5) is 2.28. The predicted octanol–water partition coefficient (Wildman–Crippen LogP) is 1.25. The smallest absolute Gasteiger partial charge is 0.0667 e. The third kappa shape index (κ3) is 2.51. The largest absolute Gasteiger partial charge is 0.392 e. The van der Waals surface area contributed by atoms with Crippen LogP contribution in [0.4, 0.5) is 0 Å². The van der Waals surface area contributed by atoms with E-state index in [2.05, 4.69) is 16.6 Å². The Morgan fingerprint density at radius 1 is 1.69 bits per heavy atom. The van der Waals surface area contributed by atoms with Crippen LogP contribution in [0.25, 0.3) is 6.20 Å². The van der Waals surface area contributed by atoms with Gasteiger partial charge in [0.15, 0.2) is 0 Å². The molecule has 1 saturated heterocycles. The second-order valence-electron chi connectivity index (χ2n) is 4.43. The number of aryl methyl sites for hydroxylation is 1. The molecule has 1 atom stereocenters. The van der Waals surface area contributed by atoms with E-state index >= 15 is 0 Å². The van der Waals surface area contributed by atoms with Gasteiger partial charge in [0.1, 0.15) is 0 Å². The van der Waals surface area contributed by atoms with Gasteiger partial charge in [-0.25, -0.2) is 4.68 Å². The highest BCUT2D eigenvalue weighted by molar-refractivity contribution is 5.23. The zero-order valence-electron chi connectivity index (χ0n) is 9.76. The number of likely N-dealkylation sites (tertiary alicyclic amines) is 1. The van der Waals surface area contributed by atoms with E-state index in [1.165, 1.54) is 5.56 Å². The Morgan fingerprint density at radius 2 is 2.50 bits per heavy atom. The molecule has 0 bridgehead atoms. The number of rotatable bonds is 3. The van der Waals surface area contributed by atoms with Crippen molar-refractivity contribution >= 4 is 6.20 Å². The van der Waals surface area contributed by atoms with E-state index in [1.54, 1.807) is 10.9 Å². The van der Waals surface area contributed by atoms with Crippen molar-refractivity contribution in [3.8, 4) is 0 Å². The molecule has 0 aliphatic carbocycles. The fourth-order valence-electron chi connectivity index (χ4n) is 2.18. The summed E-state index contributed by atoms with van der Waals surface area (Å²) in [7, 11) is 0. The maximum Gasteiger partial charge on any atom is 0.0667 e. The number of piperidine rings is 1. The fraction of sp³-hybridized carbons (Fsp3) is 0.583. The van der Waals surface area contributed by atoms with Crippen molar-refractivity contribution in [2.24, 2.45) is 0 Å². The molecule has 4 heteroatoms. The van der Waals surface area contributed by atoms with Gasteiger partial charge in [0, 0.05) is 31.0 Å². The van der Waals surface area contributed by atoms with E-state index < -0.39 is 0 Å². The second-order valence-corrected chi connectivity index (χ2v) is 4.43. The summed E-state index contributed by atoms with van der Waals surface area (Å²) in [5.41, 5.74) is 2.26. The Kier molecular flexibility index (Phi) is 3.41. The lowest BCUT2D eigenvalue weighted by molar-refractivity contribution is 0.0667. The highest BCUT2D eigenvalue weighted by Gasteiger charge is 2.18. The molecular weight excluding hydrogens is 202 g/mol. The number of nitrogens with zero attached hydrogens (tertiary/aromatic N) is 3. The Labute approximate surface area is 96.2 Å². The minimum atomic E-state index is -0.163. The van der Waals surface area contributed by atoms with Crippen LogP contribution in [0.5, 0.6) is 0 Å². The maximum atomic E-state index is 9.60. The molecule has 0 aromatic carbocycles. The Balaban J connectivity index is 2.02. The summed E-state index contributed by atoms with van der Waals surface area (Å²) >= 11 is 0. The van der Waals surface area contributed by atoms with Crippen molar-refractivity contribution in [3.05, 3.63) is 24.0 Å². The molecule has 0 radical (unpaired) electrons. The van der Waals surface area contributed by atoms with Gasteiger partial charge in [-0.2, -0.15) is 5.10 Å². The summed E-state index contributed by atoms with van der Waals surface area (Å²) in [5, 5.41) is 13.9. The molecule has 16 heavy (non-hydrogen) atoms. The molecule has 2 rings (SSSR count). The van der Waals surface area contributed by atoms with Crippen molar-refractivity contribution in [2.75, 3.05) is 13.1 Å². The number of β-amino-alcohol motifs (C(OH)–C–C–N with tert-alkyl or cyclic N) is 1. The van der Waals surface area contributed by atoms with Crippen molar-refractivity contribution in [1.82, 2.24) is 14.7 Å². The quantitative estimate of drug-likeness (QED) is 0.835. The van der Waals surface area contributed by atoms with Crippen molar-refractivity contribution in [3.63, 3.8) is 0 Å². The Hall–Kier alpha value is -1.13. The minimum Gasteiger partial charge on any atom is -0.392 e. The molecule has 4 nitrogen and oxygen atoms in total. The second kappa shape index (κ2) is 4.80. The molecule has 0 spiro atoms. The Bertz CT molecular complexity index is 372. The molecular formula is C12H19N3O. The number of aliphatic hydroxyl groups excluding tert-OH is 1. The van der Waals surface area contributed by atoms with E-state index in [9.17, 15) is 5.11 Å². The first-order valence-electron chi connectivity index (χ1n) is 5.76. The molecule has 1 aliphatic heterocycles. The van der Waals surface area contributed by atoms with Crippen LogP contribution in [0.15, 0.2) is 12.8 Å². The number of aliphatic hydroxyl groups is 1. The topological polar surface area (TPSA) is 41.3 Å². The zero-order chi connectivity index (χ0) is 11.5. The molecule has 1 N–H and O–H groups in total. The molecule has 1 aromatic rings. The SMILES string of the molecule is C=Cn1cc(CN2CCC[C@@H](O)C2)c(C)n1. The summed E-state index contributed by atoms with van der Waals surface area (Å²) < 4.78 is 1.74. The lowest BCUT2D eigenvalue weighted by Crippen LogP contribution is -2.37. The molecule has 0 unspecified atom stereocenters. The average Bonchev–Trinajstić information content (AvgIpc) is 2.60. The van der Waals surface area contributed by atoms with Crippen LogP contribution in [0.3, 0.4) is 0 Å². The van der Waals surface area contributed by atoms with Crippen LogP contribution in [-0.4, -0.2) is 39.0 Å². The van der Waals surface area contributed by atoms with Gasteiger partial charge >= 0.3 is 0 Å². The molecule has 1 fully saturated rings. The Morgan fingerprint density at radius 3 is 3.12 bits per heavy atom. The van der Waals surface area contributed by atoms with E-state index in [4.69, 9.17) is 0 Å². The van der Waals surface area contributed by atoms with Gasteiger partial charge in [0.2, 0.25) is 0 Å². The monoisotopic (exact) mass is 221 g/mol. The average molecular weight is 221 g/mol. The first-order valence-corrected chi connectivity index (χ1v) is 5.76. The fourth-order valence-corrected chi connectivity index (χ4v) is 2.18. The predicted molar refractivity (Wildman–Crippen MR) is 63.9 cm³/mol. The lowest BCUT2D eigenvalue weighted by Gasteiger charge is -2.29. The van der Waals surface area contributed by atoms with Gasteiger partial charge < -0.3 is 5.11 Å². The number of hydrogen-bond acceptors (Lipinski definition) is 3. The molecule has 0 amide bonds. The van der Waals surface area contributed by atoms with Gasteiger partial charge in [-0.3, -0.25) is 4.90 Å². The van der Waals surface area contributed by atoms with Crippen LogP contribution in [0.2, 0.25) is 0 Å².